The second kappa shape index (κ2) is 4.87. The van der Waals surface area contributed by atoms with Crippen molar-refractivity contribution < 1.29 is 28.7 Å². The number of rotatable bonds is 2. The molecular weight excluding hydrogens is 326 g/mol. The van der Waals surface area contributed by atoms with Gasteiger partial charge in [0, 0.05) is 6.42 Å². The minimum Gasteiger partial charge on any atom is -0.323 e. The van der Waals surface area contributed by atoms with Crippen LogP contribution in [0.3, 0.4) is 0 Å². The Morgan fingerprint density at radius 1 is 0.909 bits per heavy atom. The molecule has 0 aliphatic heterocycles. The fourth-order valence-corrected chi connectivity index (χ4v) is 5.39. The molecule has 0 saturated heterocycles. The van der Waals surface area contributed by atoms with Crippen LogP contribution in [-0.2, 0) is 15.6 Å². The minimum absolute atomic E-state index is 0.405. The molecule has 1 aliphatic rings. The van der Waals surface area contributed by atoms with E-state index in [1.54, 1.807) is 6.07 Å². The molecule has 0 amide bonds. The molecule has 0 bridgehead atoms. The Balaban J connectivity index is 2.24. The highest BCUT2D eigenvalue weighted by Crippen LogP contribution is 2.71. The van der Waals surface area contributed by atoms with Crippen molar-refractivity contribution in [1.82, 2.24) is 0 Å². The van der Waals surface area contributed by atoms with Crippen molar-refractivity contribution in [1.29, 1.82) is 0 Å². The van der Waals surface area contributed by atoms with E-state index in [-0.39, 0.29) is 0 Å². The smallest absolute Gasteiger partial charge is 0.323 e. The summed E-state index contributed by atoms with van der Waals surface area (Å²) < 4.78 is 23.6. The molecule has 0 heterocycles. The van der Waals surface area contributed by atoms with Gasteiger partial charge < -0.3 is 19.6 Å². The zero-order valence-electron chi connectivity index (χ0n) is 11.3. The van der Waals surface area contributed by atoms with Gasteiger partial charge in [0.25, 0.3) is 0 Å². The Bertz CT molecular complexity index is 854. The summed E-state index contributed by atoms with van der Waals surface area (Å²) in [4.78, 5) is 35.6. The summed E-state index contributed by atoms with van der Waals surface area (Å²) in [6.45, 7) is 0. The maximum Gasteiger partial charge on any atom is 0.347 e. The van der Waals surface area contributed by atoms with Crippen molar-refractivity contribution >= 4 is 32.0 Å². The Hall–Kier alpha value is -1.26. The van der Waals surface area contributed by atoms with Gasteiger partial charge >= 0.3 is 15.2 Å². The first-order valence-corrected chi connectivity index (χ1v) is 9.69. The highest BCUT2D eigenvalue weighted by Gasteiger charge is 2.59. The van der Waals surface area contributed by atoms with Gasteiger partial charge in [-0.05, 0) is 28.0 Å². The fourth-order valence-electron chi connectivity index (χ4n) is 2.75. The van der Waals surface area contributed by atoms with Crippen LogP contribution in [0.5, 0.6) is 0 Å². The standard InChI is InChI=1S/C14H14O6P2/c15-21(16,17)14(22(18,19)20)6-5-12-7-10-3-1-2-4-11(10)8-13(12)9-14/h1-8H,9H2,(H2,15,16,17)(H2,18,19,20). The molecular formula is C14H14O6P2. The van der Waals surface area contributed by atoms with Crippen molar-refractivity contribution in [2.45, 2.75) is 11.3 Å². The summed E-state index contributed by atoms with van der Waals surface area (Å²) in [5.41, 5.74) is 1.21. The first-order valence-electron chi connectivity index (χ1n) is 6.46. The molecule has 0 atom stereocenters. The van der Waals surface area contributed by atoms with Crippen LogP contribution in [0.1, 0.15) is 11.1 Å². The summed E-state index contributed by atoms with van der Waals surface area (Å²) in [7, 11) is -10.1. The molecule has 116 valence electrons. The van der Waals surface area contributed by atoms with Gasteiger partial charge in [-0.25, -0.2) is 0 Å². The van der Waals surface area contributed by atoms with E-state index < -0.39 is 26.5 Å². The lowest BCUT2D eigenvalue weighted by Gasteiger charge is -2.34. The quantitative estimate of drug-likeness (QED) is 0.624. The van der Waals surface area contributed by atoms with E-state index >= 15 is 0 Å². The SMILES string of the molecule is O=P(O)(O)C1(P(=O)(O)O)C=Cc2cc3ccccc3cc2C1. The predicted molar refractivity (Wildman–Crippen MR) is 83.5 cm³/mol. The first kappa shape index (κ1) is 15.6. The summed E-state index contributed by atoms with van der Waals surface area (Å²) in [5, 5.41) is 1.80. The monoisotopic (exact) mass is 340 g/mol. The average Bonchev–Trinajstić information content (AvgIpc) is 2.42. The van der Waals surface area contributed by atoms with Gasteiger partial charge in [-0.2, -0.15) is 0 Å². The Morgan fingerprint density at radius 2 is 1.45 bits per heavy atom. The number of benzene rings is 2. The van der Waals surface area contributed by atoms with Crippen LogP contribution < -0.4 is 0 Å². The van der Waals surface area contributed by atoms with Crippen molar-refractivity contribution in [3.8, 4) is 0 Å². The largest absolute Gasteiger partial charge is 0.347 e. The molecule has 2 aromatic rings. The summed E-state index contributed by atoms with van der Waals surface area (Å²) in [5.74, 6) is 0. The highest BCUT2D eigenvalue weighted by atomic mass is 31.2. The minimum atomic E-state index is -5.06. The van der Waals surface area contributed by atoms with Crippen LogP contribution in [-0.4, -0.2) is 24.5 Å². The Morgan fingerprint density at radius 3 is 2.00 bits per heavy atom. The number of allylic oxidation sites excluding steroid dienone is 1. The number of fused-ring (bicyclic) bond motifs is 2. The first-order chi connectivity index (χ1) is 10.1. The third kappa shape index (κ3) is 2.29. The number of hydrogen-bond acceptors (Lipinski definition) is 2. The van der Waals surface area contributed by atoms with Crippen LogP contribution in [0.2, 0.25) is 0 Å². The molecule has 0 aromatic heterocycles. The van der Waals surface area contributed by atoms with Crippen LogP contribution >= 0.6 is 15.2 Å². The van der Waals surface area contributed by atoms with E-state index in [0.29, 0.717) is 11.1 Å². The molecule has 2 aromatic carbocycles. The molecule has 8 heteroatoms. The van der Waals surface area contributed by atoms with Crippen LogP contribution in [0.25, 0.3) is 16.8 Å². The van der Waals surface area contributed by atoms with E-state index in [2.05, 4.69) is 0 Å². The molecule has 6 nitrogen and oxygen atoms in total. The van der Waals surface area contributed by atoms with E-state index in [1.807, 2.05) is 30.3 Å². The Labute approximate surface area is 126 Å². The second-order valence-corrected chi connectivity index (χ2v) is 9.50. The molecule has 0 fully saturated rings. The third-order valence-corrected chi connectivity index (χ3v) is 8.19. The summed E-state index contributed by atoms with van der Waals surface area (Å²) in [6, 6.07) is 11.0. The van der Waals surface area contributed by atoms with Crippen LogP contribution in [0.4, 0.5) is 0 Å². The lowest BCUT2D eigenvalue weighted by atomic mass is 9.93. The van der Waals surface area contributed by atoms with E-state index in [0.717, 1.165) is 16.8 Å². The molecule has 1 aliphatic carbocycles. The molecule has 3 rings (SSSR count). The summed E-state index contributed by atoms with van der Waals surface area (Å²) in [6.07, 6.45) is 1.94. The van der Waals surface area contributed by atoms with Crippen LogP contribution in [0.15, 0.2) is 42.5 Å². The van der Waals surface area contributed by atoms with Gasteiger partial charge in [-0.1, -0.05) is 42.5 Å². The van der Waals surface area contributed by atoms with Crippen molar-refractivity contribution in [3.63, 3.8) is 0 Å². The van der Waals surface area contributed by atoms with E-state index in [1.165, 1.54) is 6.08 Å². The molecule has 0 spiro atoms. The van der Waals surface area contributed by atoms with Crippen molar-refractivity contribution in [2.75, 3.05) is 0 Å². The van der Waals surface area contributed by atoms with E-state index in [9.17, 15) is 28.7 Å². The van der Waals surface area contributed by atoms with Gasteiger partial charge in [0.2, 0.25) is 0 Å². The maximum atomic E-state index is 11.8. The van der Waals surface area contributed by atoms with Gasteiger partial charge in [0.1, 0.15) is 0 Å². The normalized spacial score (nSPS) is 17.5. The third-order valence-electron chi connectivity index (χ3n) is 4.00. The van der Waals surface area contributed by atoms with Crippen LogP contribution in [0, 0.1) is 0 Å². The lowest BCUT2D eigenvalue weighted by molar-refractivity contribution is 0.320. The van der Waals surface area contributed by atoms with Gasteiger partial charge in [0.15, 0.2) is 4.90 Å². The lowest BCUT2D eigenvalue weighted by Crippen LogP contribution is -2.31. The second-order valence-electron chi connectivity index (χ2n) is 5.37. The molecule has 0 unspecified atom stereocenters. The molecule has 4 N–H and O–H groups in total. The maximum absolute atomic E-state index is 11.8. The molecule has 0 saturated carbocycles. The number of hydrogen-bond donors (Lipinski definition) is 4. The van der Waals surface area contributed by atoms with Gasteiger partial charge in [0.05, 0.1) is 0 Å². The zero-order chi connectivity index (χ0) is 16.2. The topological polar surface area (TPSA) is 115 Å². The average molecular weight is 340 g/mol. The Kier molecular flexibility index (Phi) is 3.46. The van der Waals surface area contributed by atoms with Gasteiger partial charge in [-0.15, -0.1) is 0 Å². The van der Waals surface area contributed by atoms with E-state index in [4.69, 9.17) is 0 Å². The molecule has 0 radical (unpaired) electrons. The fraction of sp³-hybridized carbons (Fsp3) is 0.143. The summed E-state index contributed by atoms with van der Waals surface area (Å²) >= 11 is 0. The highest BCUT2D eigenvalue weighted by molar-refractivity contribution is 7.72. The predicted octanol–water partition coefficient (Wildman–Crippen LogP) is 2.46. The zero-order valence-corrected chi connectivity index (χ0v) is 13.1. The van der Waals surface area contributed by atoms with Crippen molar-refractivity contribution in [3.05, 3.63) is 53.6 Å². The molecule has 22 heavy (non-hydrogen) atoms. The van der Waals surface area contributed by atoms with Crippen molar-refractivity contribution in [2.24, 2.45) is 0 Å². The van der Waals surface area contributed by atoms with Gasteiger partial charge in [-0.3, -0.25) is 9.13 Å².